The van der Waals surface area contributed by atoms with Gasteiger partial charge in [0.1, 0.15) is 5.75 Å². The van der Waals surface area contributed by atoms with E-state index >= 15 is 0 Å². The standard InChI is InChI=1S/C15H22N2O2/c1-14(2,3)16-13(17-18)10-6-7-12-11(8-10)15(4,5)9-19-12/h6-8,18H,9H2,1-5H3,(H,16,17). The summed E-state index contributed by atoms with van der Waals surface area (Å²) in [5.41, 5.74) is 3.97. The van der Waals surface area contributed by atoms with E-state index in [4.69, 9.17) is 4.74 Å². The number of benzene rings is 1. The molecular weight excluding hydrogens is 240 g/mol. The molecule has 1 aliphatic rings. The Morgan fingerprint density at radius 1 is 1.37 bits per heavy atom. The molecule has 2 N–H and O–H groups in total. The summed E-state index contributed by atoms with van der Waals surface area (Å²) in [4.78, 5) is 4.49. The average Bonchev–Trinajstić information content (AvgIpc) is 2.61. The third-order valence-corrected chi connectivity index (χ3v) is 3.12. The summed E-state index contributed by atoms with van der Waals surface area (Å²) >= 11 is 0. The second-order valence-corrected chi connectivity index (χ2v) is 6.63. The predicted octanol–water partition coefficient (Wildman–Crippen LogP) is 2.88. The van der Waals surface area contributed by atoms with E-state index in [0.29, 0.717) is 12.4 Å². The number of nitrogens with zero attached hydrogens (tertiary/aromatic N) is 1. The van der Waals surface area contributed by atoms with Gasteiger partial charge in [-0.1, -0.05) is 13.8 Å². The van der Waals surface area contributed by atoms with Gasteiger partial charge in [0.05, 0.1) is 12.1 Å². The van der Waals surface area contributed by atoms with Crippen molar-refractivity contribution >= 4 is 5.84 Å². The molecule has 1 aromatic carbocycles. The molecule has 0 atom stereocenters. The Kier molecular flexibility index (Phi) is 3.31. The Morgan fingerprint density at radius 2 is 2.05 bits per heavy atom. The number of nitrogens with one attached hydrogen (secondary N) is 1. The van der Waals surface area contributed by atoms with Gasteiger partial charge in [0.25, 0.3) is 0 Å². The number of amidine groups is 1. The van der Waals surface area contributed by atoms with E-state index in [-0.39, 0.29) is 11.0 Å². The number of hydrogen-bond acceptors (Lipinski definition) is 3. The normalized spacial score (nSPS) is 17.9. The van der Waals surface area contributed by atoms with E-state index in [1.807, 2.05) is 39.0 Å². The van der Waals surface area contributed by atoms with Gasteiger partial charge < -0.3 is 4.74 Å². The highest BCUT2D eigenvalue weighted by molar-refractivity contribution is 5.98. The van der Waals surface area contributed by atoms with Crippen LogP contribution in [0.15, 0.2) is 23.2 Å². The lowest BCUT2D eigenvalue weighted by molar-refractivity contribution is 0.233. The van der Waals surface area contributed by atoms with Crippen molar-refractivity contribution in [2.24, 2.45) is 4.99 Å². The molecule has 2 rings (SSSR count). The first-order valence-electron chi connectivity index (χ1n) is 6.51. The number of hydrogen-bond donors (Lipinski definition) is 2. The van der Waals surface area contributed by atoms with Crippen molar-refractivity contribution in [1.82, 2.24) is 5.48 Å². The highest BCUT2D eigenvalue weighted by Gasteiger charge is 2.32. The predicted molar refractivity (Wildman–Crippen MR) is 76.2 cm³/mol. The van der Waals surface area contributed by atoms with Crippen molar-refractivity contribution in [3.8, 4) is 5.75 Å². The smallest absolute Gasteiger partial charge is 0.152 e. The molecule has 0 radical (unpaired) electrons. The monoisotopic (exact) mass is 262 g/mol. The topological polar surface area (TPSA) is 53.9 Å². The largest absolute Gasteiger partial charge is 0.492 e. The maximum Gasteiger partial charge on any atom is 0.152 e. The van der Waals surface area contributed by atoms with Crippen LogP contribution in [0, 0.1) is 0 Å². The van der Waals surface area contributed by atoms with Gasteiger partial charge in [-0.25, -0.2) is 0 Å². The molecule has 0 fully saturated rings. The fourth-order valence-electron chi connectivity index (χ4n) is 2.16. The summed E-state index contributed by atoms with van der Waals surface area (Å²) in [6, 6.07) is 5.89. The first kappa shape index (κ1) is 13.9. The highest BCUT2D eigenvalue weighted by atomic mass is 16.5. The van der Waals surface area contributed by atoms with Gasteiger partial charge in [0.15, 0.2) is 5.84 Å². The average molecular weight is 262 g/mol. The van der Waals surface area contributed by atoms with Crippen molar-refractivity contribution in [1.29, 1.82) is 0 Å². The summed E-state index contributed by atoms with van der Waals surface area (Å²) in [6.07, 6.45) is 0. The van der Waals surface area contributed by atoms with Crippen molar-refractivity contribution in [3.63, 3.8) is 0 Å². The molecule has 4 nitrogen and oxygen atoms in total. The second-order valence-electron chi connectivity index (χ2n) is 6.63. The van der Waals surface area contributed by atoms with Crippen LogP contribution in [0.3, 0.4) is 0 Å². The van der Waals surface area contributed by atoms with E-state index < -0.39 is 0 Å². The number of ether oxygens (including phenoxy) is 1. The number of aliphatic imine (C=N–C) groups is 1. The molecule has 4 heteroatoms. The van der Waals surface area contributed by atoms with Crippen LogP contribution in [0.25, 0.3) is 0 Å². The molecule has 0 aromatic heterocycles. The lowest BCUT2D eigenvalue weighted by Gasteiger charge is -2.18. The van der Waals surface area contributed by atoms with Gasteiger partial charge in [-0.3, -0.25) is 15.7 Å². The third-order valence-electron chi connectivity index (χ3n) is 3.12. The quantitative estimate of drug-likeness (QED) is 0.465. The van der Waals surface area contributed by atoms with E-state index in [9.17, 15) is 5.21 Å². The minimum absolute atomic E-state index is 0.00631. The molecule has 0 spiro atoms. The Morgan fingerprint density at radius 3 is 2.63 bits per heavy atom. The minimum atomic E-state index is -0.254. The molecule has 1 aromatic rings. The summed E-state index contributed by atoms with van der Waals surface area (Å²) in [5.74, 6) is 1.40. The maximum atomic E-state index is 9.31. The number of hydroxylamine groups is 1. The van der Waals surface area contributed by atoms with Crippen LogP contribution in [0.4, 0.5) is 0 Å². The van der Waals surface area contributed by atoms with Crippen LogP contribution in [0.5, 0.6) is 5.75 Å². The molecule has 1 heterocycles. The molecule has 19 heavy (non-hydrogen) atoms. The van der Waals surface area contributed by atoms with Crippen LogP contribution >= 0.6 is 0 Å². The Balaban J connectivity index is 2.45. The SMILES string of the molecule is CC(C)(C)N=C(NO)c1ccc2c(c1)C(C)(C)CO2. The van der Waals surface area contributed by atoms with Crippen molar-refractivity contribution in [2.45, 2.75) is 45.6 Å². The molecule has 104 valence electrons. The lowest BCUT2D eigenvalue weighted by atomic mass is 9.86. The van der Waals surface area contributed by atoms with Crippen LogP contribution in [0.1, 0.15) is 45.7 Å². The number of fused-ring (bicyclic) bond motifs is 1. The molecule has 0 unspecified atom stereocenters. The molecular formula is C15H22N2O2. The first-order valence-corrected chi connectivity index (χ1v) is 6.51. The van der Waals surface area contributed by atoms with Gasteiger partial charge in [0, 0.05) is 16.5 Å². The van der Waals surface area contributed by atoms with Crippen molar-refractivity contribution in [2.75, 3.05) is 6.61 Å². The summed E-state index contributed by atoms with van der Waals surface area (Å²) in [6.45, 7) is 11.0. The van der Waals surface area contributed by atoms with Gasteiger partial charge in [-0.15, -0.1) is 0 Å². The molecule has 0 saturated carbocycles. The van der Waals surface area contributed by atoms with Gasteiger partial charge in [-0.2, -0.15) is 0 Å². The fourth-order valence-corrected chi connectivity index (χ4v) is 2.16. The van der Waals surface area contributed by atoms with Gasteiger partial charge in [0.2, 0.25) is 0 Å². The van der Waals surface area contributed by atoms with Crippen molar-refractivity contribution < 1.29 is 9.94 Å². The van der Waals surface area contributed by atoms with Crippen LogP contribution in [-0.4, -0.2) is 23.2 Å². The van der Waals surface area contributed by atoms with Crippen LogP contribution in [0.2, 0.25) is 0 Å². The third kappa shape index (κ3) is 2.89. The zero-order chi connectivity index (χ0) is 14.3. The Bertz CT molecular complexity index is 513. The second kappa shape index (κ2) is 4.53. The van der Waals surface area contributed by atoms with E-state index in [2.05, 4.69) is 24.3 Å². The first-order chi connectivity index (χ1) is 8.73. The van der Waals surface area contributed by atoms with Crippen LogP contribution < -0.4 is 10.2 Å². The zero-order valence-corrected chi connectivity index (χ0v) is 12.2. The maximum absolute atomic E-state index is 9.31. The van der Waals surface area contributed by atoms with Crippen molar-refractivity contribution in [3.05, 3.63) is 29.3 Å². The number of rotatable bonds is 1. The van der Waals surface area contributed by atoms with E-state index in [1.54, 1.807) is 0 Å². The lowest BCUT2D eigenvalue weighted by Crippen LogP contribution is -2.26. The highest BCUT2D eigenvalue weighted by Crippen LogP contribution is 2.38. The van der Waals surface area contributed by atoms with E-state index in [0.717, 1.165) is 16.9 Å². The molecule has 0 bridgehead atoms. The Labute approximate surface area is 114 Å². The summed E-state index contributed by atoms with van der Waals surface area (Å²) in [5, 5.41) is 9.31. The molecule has 1 aliphatic heterocycles. The van der Waals surface area contributed by atoms with Gasteiger partial charge in [-0.05, 0) is 39.0 Å². The molecule has 0 saturated heterocycles. The van der Waals surface area contributed by atoms with Crippen LogP contribution in [-0.2, 0) is 5.41 Å². The van der Waals surface area contributed by atoms with E-state index in [1.165, 1.54) is 0 Å². The minimum Gasteiger partial charge on any atom is -0.492 e. The molecule has 0 aliphatic carbocycles. The summed E-state index contributed by atoms with van der Waals surface area (Å²) in [7, 11) is 0. The van der Waals surface area contributed by atoms with Gasteiger partial charge >= 0.3 is 0 Å². The summed E-state index contributed by atoms with van der Waals surface area (Å²) < 4.78 is 5.66. The fraction of sp³-hybridized carbons (Fsp3) is 0.533. The molecule has 0 amide bonds. The zero-order valence-electron chi connectivity index (χ0n) is 12.2. The Hall–Kier alpha value is -1.55.